The van der Waals surface area contributed by atoms with E-state index in [2.05, 4.69) is 5.32 Å². The van der Waals surface area contributed by atoms with Gasteiger partial charge in [-0.1, -0.05) is 17.7 Å². The number of benzene rings is 2. The van der Waals surface area contributed by atoms with Crippen LogP contribution in [0.2, 0.25) is 5.02 Å². The molecular formula is C19H19ClF3N3O. The van der Waals surface area contributed by atoms with E-state index in [0.717, 1.165) is 17.7 Å². The first-order chi connectivity index (χ1) is 12.8. The molecule has 0 saturated carbocycles. The average Bonchev–Trinajstić information content (AvgIpc) is 2.65. The number of piperazine rings is 1. The first-order valence-electron chi connectivity index (χ1n) is 8.49. The number of amides is 2. The lowest BCUT2D eigenvalue weighted by molar-refractivity contribution is -0.137. The standard InChI is InChI=1S/C19H19ClF3N3O/c1-13-16(20)3-2-4-17(13)24-18(27)26-11-9-25(10-12-26)15-7-5-14(6-8-15)19(21,22)23/h2-8H,9-12H2,1H3,(H,24,27). The predicted molar refractivity (Wildman–Crippen MR) is 100 cm³/mol. The third-order valence-electron chi connectivity index (χ3n) is 4.64. The smallest absolute Gasteiger partial charge is 0.368 e. The Balaban J connectivity index is 1.58. The zero-order valence-corrected chi connectivity index (χ0v) is 15.4. The Morgan fingerprint density at radius 2 is 1.67 bits per heavy atom. The van der Waals surface area contributed by atoms with Crippen LogP contribution in [0.3, 0.4) is 0 Å². The highest BCUT2D eigenvalue weighted by molar-refractivity contribution is 6.31. The maximum atomic E-state index is 12.7. The van der Waals surface area contributed by atoms with E-state index in [1.165, 1.54) is 12.1 Å². The van der Waals surface area contributed by atoms with Gasteiger partial charge in [0, 0.05) is 42.6 Å². The van der Waals surface area contributed by atoms with Gasteiger partial charge in [-0.15, -0.1) is 0 Å². The van der Waals surface area contributed by atoms with Gasteiger partial charge in [-0.3, -0.25) is 0 Å². The van der Waals surface area contributed by atoms with E-state index in [1.807, 2.05) is 11.8 Å². The van der Waals surface area contributed by atoms with Crippen LogP contribution in [0.4, 0.5) is 29.3 Å². The average molecular weight is 398 g/mol. The predicted octanol–water partition coefficient (Wildman–Crippen LogP) is 5.02. The summed E-state index contributed by atoms with van der Waals surface area (Å²) in [5.74, 6) is 0. The van der Waals surface area contributed by atoms with Crippen LogP contribution >= 0.6 is 11.6 Å². The van der Waals surface area contributed by atoms with E-state index in [1.54, 1.807) is 23.1 Å². The molecule has 1 N–H and O–H groups in total. The minimum absolute atomic E-state index is 0.215. The van der Waals surface area contributed by atoms with E-state index in [9.17, 15) is 18.0 Å². The Morgan fingerprint density at radius 1 is 1.04 bits per heavy atom. The molecule has 27 heavy (non-hydrogen) atoms. The van der Waals surface area contributed by atoms with Gasteiger partial charge in [0.2, 0.25) is 0 Å². The van der Waals surface area contributed by atoms with E-state index in [4.69, 9.17) is 11.6 Å². The first-order valence-corrected chi connectivity index (χ1v) is 8.87. The summed E-state index contributed by atoms with van der Waals surface area (Å²) >= 11 is 6.07. The summed E-state index contributed by atoms with van der Waals surface area (Å²) in [5, 5.41) is 3.44. The molecule has 1 fully saturated rings. The molecule has 1 saturated heterocycles. The van der Waals surface area contributed by atoms with Crippen LogP contribution in [0.5, 0.6) is 0 Å². The molecule has 3 rings (SSSR count). The van der Waals surface area contributed by atoms with Gasteiger partial charge in [0.25, 0.3) is 0 Å². The lowest BCUT2D eigenvalue weighted by Gasteiger charge is -2.36. The van der Waals surface area contributed by atoms with Gasteiger partial charge in [-0.05, 0) is 48.9 Å². The molecule has 0 spiro atoms. The lowest BCUT2D eigenvalue weighted by Crippen LogP contribution is -2.50. The van der Waals surface area contributed by atoms with Crippen LogP contribution in [-0.2, 0) is 6.18 Å². The highest BCUT2D eigenvalue weighted by atomic mass is 35.5. The topological polar surface area (TPSA) is 35.6 Å². The fourth-order valence-electron chi connectivity index (χ4n) is 2.97. The zero-order valence-electron chi connectivity index (χ0n) is 14.7. The SMILES string of the molecule is Cc1c(Cl)cccc1NC(=O)N1CCN(c2ccc(C(F)(F)F)cc2)CC1. The maximum Gasteiger partial charge on any atom is 0.416 e. The Labute approximate surface area is 160 Å². The van der Waals surface area contributed by atoms with Crippen molar-refractivity contribution in [1.29, 1.82) is 0 Å². The monoisotopic (exact) mass is 397 g/mol. The Morgan fingerprint density at radius 3 is 2.26 bits per heavy atom. The van der Waals surface area contributed by atoms with Crippen molar-refractivity contribution in [1.82, 2.24) is 4.90 Å². The fourth-order valence-corrected chi connectivity index (χ4v) is 3.14. The number of hydrogen-bond donors (Lipinski definition) is 1. The molecule has 0 aliphatic carbocycles. The molecule has 1 aliphatic heterocycles. The van der Waals surface area contributed by atoms with E-state index in [0.29, 0.717) is 42.6 Å². The molecule has 0 atom stereocenters. The highest BCUT2D eigenvalue weighted by Crippen LogP contribution is 2.30. The third-order valence-corrected chi connectivity index (χ3v) is 5.05. The number of hydrogen-bond acceptors (Lipinski definition) is 2. The molecule has 144 valence electrons. The van der Waals surface area contributed by atoms with Gasteiger partial charge >= 0.3 is 12.2 Å². The largest absolute Gasteiger partial charge is 0.416 e. The molecule has 4 nitrogen and oxygen atoms in total. The summed E-state index contributed by atoms with van der Waals surface area (Å²) in [7, 11) is 0. The maximum absolute atomic E-state index is 12.7. The lowest BCUT2D eigenvalue weighted by atomic mass is 10.1. The molecule has 0 radical (unpaired) electrons. The number of halogens is 4. The molecule has 0 aromatic heterocycles. The normalized spacial score (nSPS) is 15.0. The number of carbonyl (C=O) groups is 1. The van der Waals surface area contributed by atoms with Gasteiger partial charge in [-0.2, -0.15) is 13.2 Å². The van der Waals surface area contributed by atoms with Crippen LogP contribution in [0, 0.1) is 6.92 Å². The highest BCUT2D eigenvalue weighted by Gasteiger charge is 2.30. The van der Waals surface area contributed by atoms with Gasteiger partial charge in [-0.25, -0.2) is 4.79 Å². The summed E-state index contributed by atoms with van der Waals surface area (Å²) in [5.41, 5.74) is 1.52. The first kappa shape index (κ1) is 19.4. The molecule has 1 aliphatic rings. The Kier molecular flexibility index (Phi) is 5.51. The van der Waals surface area contributed by atoms with Crippen LogP contribution in [0.25, 0.3) is 0 Å². The number of rotatable bonds is 2. The van der Waals surface area contributed by atoms with Crippen molar-refractivity contribution in [2.24, 2.45) is 0 Å². The quantitative estimate of drug-likeness (QED) is 0.772. The second kappa shape index (κ2) is 7.68. The van der Waals surface area contributed by atoms with Crippen LogP contribution in [-0.4, -0.2) is 37.1 Å². The number of alkyl halides is 3. The minimum Gasteiger partial charge on any atom is -0.368 e. The van der Waals surface area contributed by atoms with Gasteiger partial charge in [0.05, 0.1) is 5.56 Å². The number of nitrogens with one attached hydrogen (secondary N) is 1. The van der Waals surface area contributed by atoms with Crippen molar-refractivity contribution in [3.05, 3.63) is 58.6 Å². The van der Waals surface area contributed by atoms with Crippen LogP contribution in [0.1, 0.15) is 11.1 Å². The molecule has 1 heterocycles. The van der Waals surface area contributed by atoms with Crippen LogP contribution < -0.4 is 10.2 Å². The van der Waals surface area contributed by atoms with E-state index < -0.39 is 11.7 Å². The van der Waals surface area contributed by atoms with Crippen molar-refractivity contribution in [2.45, 2.75) is 13.1 Å². The second-order valence-electron chi connectivity index (χ2n) is 6.36. The zero-order chi connectivity index (χ0) is 19.6. The van der Waals surface area contributed by atoms with Crippen molar-refractivity contribution in [3.63, 3.8) is 0 Å². The van der Waals surface area contributed by atoms with Crippen molar-refractivity contribution < 1.29 is 18.0 Å². The Hall–Kier alpha value is -2.41. The fraction of sp³-hybridized carbons (Fsp3) is 0.316. The Bertz CT molecular complexity index is 816. The molecule has 0 unspecified atom stereocenters. The molecular weight excluding hydrogens is 379 g/mol. The van der Waals surface area contributed by atoms with E-state index in [-0.39, 0.29) is 6.03 Å². The van der Waals surface area contributed by atoms with Crippen molar-refractivity contribution in [3.8, 4) is 0 Å². The minimum atomic E-state index is -4.34. The summed E-state index contributed by atoms with van der Waals surface area (Å²) in [6.45, 7) is 3.89. The van der Waals surface area contributed by atoms with Crippen LogP contribution in [0.15, 0.2) is 42.5 Å². The number of urea groups is 1. The number of nitrogens with zero attached hydrogens (tertiary/aromatic N) is 2. The van der Waals surface area contributed by atoms with Crippen molar-refractivity contribution >= 4 is 29.0 Å². The number of anilines is 2. The second-order valence-corrected chi connectivity index (χ2v) is 6.77. The summed E-state index contributed by atoms with van der Waals surface area (Å²) < 4.78 is 38.0. The van der Waals surface area contributed by atoms with Gasteiger partial charge < -0.3 is 15.1 Å². The molecule has 2 amide bonds. The van der Waals surface area contributed by atoms with Gasteiger partial charge in [0.1, 0.15) is 0 Å². The molecule has 2 aromatic carbocycles. The molecule has 0 bridgehead atoms. The molecule has 8 heteroatoms. The van der Waals surface area contributed by atoms with Crippen molar-refractivity contribution in [2.75, 3.05) is 36.4 Å². The van der Waals surface area contributed by atoms with E-state index >= 15 is 0 Å². The summed E-state index contributed by atoms with van der Waals surface area (Å²) in [4.78, 5) is 16.1. The van der Waals surface area contributed by atoms with Gasteiger partial charge in [0.15, 0.2) is 0 Å². The summed E-state index contributed by atoms with van der Waals surface area (Å²) in [6, 6.07) is 10.2. The number of carbonyl (C=O) groups excluding carboxylic acids is 1. The summed E-state index contributed by atoms with van der Waals surface area (Å²) in [6.07, 6.45) is -4.34. The third kappa shape index (κ3) is 4.47. The molecule has 2 aromatic rings.